The Kier molecular flexibility index (Phi) is 3.50. The van der Waals surface area contributed by atoms with E-state index in [1.54, 1.807) is 12.1 Å². The van der Waals surface area contributed by atoms with Crippen molar-refractivity contribution < 1.29 is 9.84 Å². The third-order valence-electron chi connectivity index (χ3n) is 3.19. The summed E-state index contributed by atoms with van der Waals surface area (Å²) < 4.78 is 5.10. The summed E-state index contributed by atoms with van der Waals surface area (Å²) in [5, 5.41) is 22.4. The summed E-state index contributed by atoms with van der Waals surface area (Å²) in [5.74, 6) is 0.802. The molecule has 4 nitrogen and oxygen atoms in total. The molecule has 1 saturated heterocycles. The number of rotatable bonds is 2. The first-order valence-electron chi connectivity index (χ1n) is 5.78. The number of nitrogens with zero attached hydrogens (tertiary/aromatic N) is 1. The maximum Gasteiger partial charge on any atom is 0.162 e. The number of ether oxygens (including phenoxy) is 1. The van der Waals surface area contributed by atoms with E-state index in [4.69, 9.17) is 10.00 Å². The summed E-state index contributed by atoms with van der Waals surface area (Å²) >= 11 is 0. The van der Waals surface area contributed by atoms with Crippen LogP contribution in [0.1, 0.15) is 29.9 Å². The molecule has 1 aromatic rings. The van der Waals surface area contributed by atoms with Gasteiger partial charge in [-0.3, -0.25) is 0 Å². The van der Waals surface area contributed by atoms with E-state index in [0.29, 0.717) is 11.3 Å². The molecular weight excluding hydrogens is 216 g/mol. The smallest absolute Gasteiger partial charge is 0.162 e. The zero-order valence-electron chi connectivity index (χ0n) is 9.86. The van der Waals surface area contributed by atoms with Crippen LogP contribution in [0.5, 0.6) is 11.5 Å². The zero-order chi connectivity index (χ0) is 12.3. The predicted octanol–water partition coefficient (Wildman–Crippen LogP) is 1.74. The molecule has 0 spiro atoms. The van der Waals surface area contributed by atoms with Gasteiger partial charge in [0.1, 0.15) is 0 Å². The standard InChI is InChI=1S/C13H16N2O2/c1-17-12-6-9(7-14)5-11(13(12)16)10-3-2-4-15-8-10/h5-6,10,15-16H,2-4,8H2,1H3. The van der Waals surface area contributed by atoms with E-state index in [1.165, 1.54) is 7.11 Å². The van der Waals surface area contributed by atoms with Gasteiger partial charge < -0.3 is 15.2 Å². The van der Waals surface area contributed by atoms with Gasteiger partial charge in [0.25, 0.3) is 0 Å². The number of phenols is 1. The maximum absolute atomic E-state index is 10.1. The first-order valence-corrected chi connectivity index (χ1v) is 5.78. The van der Waals surface area contributed by atoms with Gasteiger partial charge in [-0.2, -0.15) is 5.26 Å². The number of hydrogen-bond donors (Lipinski definition) is 2. The first kappa shape index (κ1) is 11.7. The Bertz CT molecular complexity index is 445. The zero-order valence-corrected chi connectivity index (χ0v) is 9.86. The molecule has 1 fully saturated rings. The second kappa shape index (κ2) is 5.07. The van der Waals surface area contributed by atoms with Gasteiger partial charge >= 0.3 is 0 Å². The van der Waals surface area contributed by atoms with Crippen LogP contribution in [0.15, 0.2) is 12.1 Å². The van der Waals surface area contributed by atoms with Crippen LogP contribution in [0.25, 0.3) is 0 Å². The van der Waals surface area contributed by atoms with E-state index < -0.39 is 0 Å². The van der Waals surface area contributed by atoms with Crippen LogP contribution in [0.3, 0.4) is 0 Å². The van der Waals surface area contributed by atoms with E-state index in [-0.39, 0.29) is 11.7 Å². The van der Waals surface area contributed by atoms with Gasteiger partial charge in [-0.05, 0) is 25.5 Å². The fourth-order valence-corrected chi connectivity index (χ4v) is 2.28. The molecule has 1 heterocycles. The number of methoxy groups -OCH3 is 1. The molecule has 0 saturated carbocycles. The van der Waals surface area contributed by atoms with E-state index in [0.717, 1.165) is 31.5 Å². The molecule has 0 amide bonds. The van der Waals surface area contributed by atoms with E-state index >= 15 is 0 Å². The second-order valence-electron chi connectivity index (χ2n) is 4.27. The van der Waals surface area contributed by atoms with Crippen molar-refractivity contribution >= 4 is 0 Å². The molecule has 0 bridgehead atoms. The number of aromatic hydroxyl groups is 1. The van der Waals surface area contributed by atoms with E-state index in [1.807, 2.05) is 0 Å². The average molecular weight is 232 g/mol. The van der Waals surface area contributed by atoms with Crippen molar-refractivity contribution in [2.75, 3.05) is 20.2 Å². The Morgan fingerprint density at radius 1 is 1.53 bits per heavy atom. The number of phenolic OH excluding ortho intramolecular Hbond substituents is 1. The minimum Gasteiger partial charge on any atom is -0.504 e. The lowest BCUT2D eigenvalue weighted by Gasteiger charge is -2.24. The quantitative estimate of drug-likeness (QED) is 0.815. The van der Waals surface area contributed by atoms with Crippen LogP contribution >= 0.6 is 0 Å². The largest absolute Gasteiger partial charge is 0.504 e. The number of hydrogen-bond acceptors (Lipinski definition) is 4. The highest BCUT2D eigenvalue weighted by molar-refractivity contribution is 5.53. The lowest BCUT2D eigenvalue weighted by molar-refractivity contribution is 0.363. The summed E-state index contributed by atoms with van der Waals surface area (Å²) in [6, 6.07) is 5.42. The van der Waals surface area contributed by atoms with Crippen molar-refractivity contribution in [3.05, 3.63) is 23.3 Å². The van der Waals surface area contributed by atoms with Crippen LogP contribution in [0.2, 0.25) is 0 Å². The normalized spacial score (nSPS) is 19.6. The molecule has 0 radical (unpaired) electrons. The van der Waals surface area contributed by atoms with Crippen LogP contribution in [-0.4, -0.2) is 25.3 Å². The monoisotopic (exact) mass is 232 g/mol. The summed E-state index contributed by atoms with van der Waals surface area (Å²) in [6.45, 7) is 1.86. The molecule has 1 aromatic carbocycles. The molecule has 0 aliphatic carbocycles. The second-order valence-corrected chi connectivity index (χ2v) is 4.27. The Labute approximate surface area is 101 Å². The Morgan fingerprint density at radius 2 is 2.35 bits per heavy atom. The molecule has 1 atom stereocenters. The van der Waals surface area contributed by atoms with Crippen molar-refractivity contribution in [1.29, 1.82) is 5.26 Å². The van der Waals surface area contributed by atoms with Crippen molar-refractivity contribution in [2.45, 2.75) is 18.8 Å². The number of benzene rings is 1. The number of piperidine rings is 1. The fraction of sp³-hybridized carbons (Fsp3) is 0.462. The van der Waals surface area contributed by atoms with Crippen LogP contribution in [0.4, 0.5) is 0 Å². The highest BCUT2D eigenvalue weighted by Crippen LogP contribution is 2.38. The van der Waals surface area contributed by atoms with Crippen molar-refractivity contribution in [3.63, 3.8) is 0 Å². The molecular formula is C13H16N2O2. The highest BCUT2D eigenvalue weighted by Gasteiger charge is 2.21. The van der Waals surface area contributed by atoms with Crippen molar-refractivity contribution in [2.24, 2.45) is 0 Å². The molecule has 1 aliphatic heterocycles. The summed E-state index contributed by atoms with van der Waals surface area (Å²) in [4.78, 5) is 0. The molecule has 90 valence electrons. The Hall–Kier alpha value is -1.73. The minimum atomic E-state index is 0.167. The molecule has 1 unspecified atom stereocenters. The van der Waals surface area contributed by atoms with Gasteiger partial charge in [0.05, 0.1) is 18.7 Å². The maximum atomic E-state index is 10.1. The topological polar surface area (TPSA) is 65.3 Å². The van der Waals surface area contributed by atoms with Crippen molar-refractivity contribution in [1.82, 2.24) is 5.32 Å². The van der Waals surface area contributed by atoms with Crippen LogP contribution < -0.4 is 10.1 Å². The Morgan fingerprint density at radius 3 is 2.94 bits per heavy atom. The minimum absolute atomic E-state index is 0.167. The van der Waals surface area contributed by atoms with Gasteiger partial charge in [-0.1, -0.05) is 0 Å². The molecule has 2 rings (SSSR count). The fourth-order valence-electron chi connectivity index (χ4n) is 2.28. The molecule has 17 heavy (non-hydrogen) atoms. The summed E-state index contributed by atoms with van der Waals surface area (Å²) in [6.07, 6.45) is 2.11. The number of nitriles is 1. The summed E-state index contributed by atoms with van der Waals surface area (Å²) in [7, 11) is 1.50. The molecule has 4 heteroatoms. The lowest BCUT2D eigenvalue weighted by atomic mass is 9.90. The molecule has 1 aliphatic rings. The van der Waals surface area contributed by atoms with Gasteiger partial charge in [-0.15, -0.1) is 0 Å². The van der Waals surface area contributed by atoms with Gasteiger partial charge in [0, 0.05) is 24.1 Å². The van der Waals surface area contributed by atoms with Crippen molar-refractivity contribution in [3.8, 4) is 17.6 Å². The van der Waals surface area contributed by atoms with Gasteiger partial charge in [-0.25, -0.2) is 0 Å². The van der Waals surface area contributed by atoms with E-state index in [2.05, 4.69) is 11.4 Å². The first-order chi connectivity index (χ1) is 8.26. The SMILES string of the molecule is COc1cc(C#N)cc(C2CCCNC2)c1O. The van der Waals surface area contributed by atoms with Gasteiger partial charge in [0.2, 0.25) is 0 Å². The average Bonchev–Trinajstić information content (AvgIpc) is 2.40. The Balaban J connectivity index is 2.40. The summed E-state index contributed by atoms with van der Waals surface area (Å²) in [5.41, 5.74) is 1.34. The lowest BCUT2D eigenvalue weighted by Crippen LogP contribution is -2.28. The van der Waals surface area contributed by atoms with Crippen LogP contribution in [0, 0.1) is 11.3 Å². The third-order valence-corrected chi connectivity index (χ3v) is 3.19. The molecule has 2 N–H and O–H groups in total. The predicted molar refractivity (Wildman–Crippen MR) is 64.2 cm³/mol. The highest BCUT2D eigenvalue weighted by atomic mass is 16.5. The van der Waals surface area contributed by atoms with E-state index in [9.17, 15) is 5.11 Å². The number of nitrogens with one attached hydrogen (secondary N) is 1. The third kappa shape index (κ3) is 2.34. The molecule has 0 aromatic heterocycles. The van der Waals surface area contributed by atoms with Crippen LogP contribution in [-0.2, 0) is 0 Å². The van der Waals surface area contributed by atoms with Gasteiger partial charge in [0.15, 0.2) is 11.5 Å².